The third-order valence-electron chi connectivity index (χ3n) is 4.68. The Hall–Kier alpha value is -0.670. The first-order chi connectivity index (χ1) is 10.4. The number of carbonyl (C=O) groups excluding carboxylic acids is 1. The predicted molar refractivity (Wildman–Crippen MR) is 92.9 cm³/mol. The number of carbonyl (C=O) groups is 1. The Morgan fingerprint density at radius 1 is 1.35 bits per heavy atom. The quantitative estimate of drug-likeness (QED) is 0.829. The van der Waals surface area contributed by atoms with Gasteiger partial charge >= 0.3 is 0 Å². The molecular formula is C14H22ClN3O3S2. The second-order valence-corrected chi connectivity index (χ2v) is 8.83. The van der Waals surface area contributed by atoms with Crippen LogP contribution in [0.15, 0.2) is 16.3 Å². The first-order valence-electron chi connectivity index (χ1n) is 7.46. The molecule has 2 atom stereocenters. The average molecular weight is 380 g/mol. The first-order valence-corrected chi connectivity index (χ1v) is 9.82. The summed E-state index contributed by atoms with van der Waals surface area (Å²) in [6.45, 7) is 0. The lowest BCUT2D eigenvalue weighted by Gasteiger charge is -2.35. The molecule has 3 rings (SSSR count). The van der Waals surface area contributed by atoms with Crippen molar-refractivity contribution in [2.45, 2.75) is 48.7 Å². The van der Waals surface area contributed by atoms with Gasteiger partial charge in [-0.25, -0.2) is 13.1 Å². The molecule has 6 nitrogen and oxygen atoms in total. The van der Waals surface area contributed by atoms with E-state index in [1.165, 1.54) is 42.7 Å². The Kier molecular flexibility index (Phi) is 5.73. The second-order valence-electron chi connectivity index (χ2n) is 6.03. The van der Waals surface area contributed by atoms with E-state index in [0.717, 1.165) is 12.8 Å². The lowest BCUT2D eigenvalue weighted by molar-refractivity contribution is 0.0686. The van der Waals surface area contributed by atoms with E-state index in [1.807, 2.05) is 7.05 Å². The van der Waals surface area contributed by atoms with Gasteiger partial charge in [-0.1, -0.05) is 0 Å². The standard InChI is InChI=1S/C14H21N3O3S2.ClH/c1-15-22(19,20)12-7-13(21-8-12)14(18)17(2)11-5-9-3-4-10(6-11)16-9;/h7-11,15-16H,3-6H2,1-2H3;1H. The molecule has 1 amide bonds. The van der Waals surface area contributed by atoms with E-state index < -0.39 is 10.0 Å². The van der Waals surface area contributed by atoms with Crippen molar-refractivity contribution in [1.82, 2.24) is 14.9 Å². The molecule has 2 aliphatic rings. The van der Waals surface area contributed by atoms with Crippen LogP contribution in [0.5, 0.6) is 0 Å². The molecule has 2 bridgehead atoms. The molecule has 2 fully saturated rings. The summed E-state index contributed by atoms with van der Waals surface area (Å²) in [5.41, 5.74) is 0. The number of nitrogens with zero attached hydrogens (tertiary/aromatic N) is 1. The van der Waals surface area contributed by atoms with Crippen LogP contribution >= 0.6 is 23.7 Å². The maximum Gasteiger partial charge on any atom is 0.263 e. The van der Waals surface area contributed by atoms with Gasteiger partial charge < -0.3 is 10.2 Å². The highest BCUT2D eigenvalue weighted by Crippen LogP contribution is 2.30. The van der Waals surface area contributed by atoms with Crippen LogP contribution in [0.25, 0.3) is 0 Å². The van der Waals surface area contributed by atoms with Gasteiger partial charge in [0.25, 0.3) is 5.91 Å². The average Bonchev–Trinajstić information content (AvgIpc) is 3.13. The fourth-order valence-corrected chi connectivity index (χ4v) is 5.36. The summed E-state index contributed by atoms with van der Waals surface area (Å²) in [4.78, 5) is 15.0. The van der Waals surface area contributed by atoms with E-state index >= 15 is 0 Å². The summed E-state index contributed by atoms with van der Waals surface area (Å²) in [7, 11) is -0.300. The van der Waals surface area contributed by atoms with Crippen molar-refractivity contribution in [3.8, 4) is 0 Å². The Morgan fingerprint density at radius 2 is 1.96 bits per heavy atom. The maximum atomic E-state index is 12.6. The molecule has 0 aromatic carbocycles. The zero-order chi connectivity index (χ0) is 15.9. The van der Waals surface area contributed by atoms with Crippen LogP contribution < -0.4 is 10.0 Å². The number of nitrogens with one attached hydrogen (secondary N) is 2. The topological polar surface area (TPSA) is 78.5 Å². The van der Waals surface area contributed by atoms with Crippen molar-refractivity contribution < 1.29 is 13.2 Å². The second kappa shape index (κ2) is 7.06. The van der Waals surface area contributed by atoms with Gasteiger partial charge in [-0.2, -0.15) is 0 Å². The summed E-state index contributed by atoms with van der Waals surface area (Å²) < 4.78 is 25.8. The largest absolute Gasteiger partial charge is 0.338 e. The third-order valence-corrected chi connectivity index (χ3v) is 7.14. The number of thiophene rings is 1. The molecule has 130 valence electrons. The monoisotopic (exact) mass is 379 g/mol. The van der Waals surface area contributed by atoms with Crippen LogP contribution in [-0.2, 0) is 10.0 Å². The number of hydrogen-bond donors (Lipinski definition) is 2. The van der Waals surface area contributed by atoms with Crippen molar-refractivity contribution in [1.29, 1.82) is 0 Å². The number of hydrogen-bond acceptors (Lipinski definition) is 5. The molecule has 9 heteroatoms. The van der Waals surface area contributed by atoms with E-state index in [2.05, 4.69) is 10.0 Å². The molecule has 0 aliphatic carbocycles. The molecule has 0 radical (unpaired) electrons. The van der Waals surface area contributed by atoms with Crippen LogP contribution in [0.3, 0.4) is 0 Å². The minimum absolute atomic E-state index is 0. The van der Waals surface area contributed by atoms with E-state index in [9.17, 15) is 13.2 Å². The van der Waals surface area contributed by atoms with Crippen molar-refractivity contribution >= 4 is 39.7 Å². The van der Waals surface area contributed by atoms with Crippen molar-refractivity contribution in [3.05, 3.63) is 16.3 Å². The lowest BCUT2D eigenvalue weighted by atomic mass is 9.98. The highest BCUT2D eigenvalue weighted by Gasteiger charge is 2.36. The number of amides is 1. The summed E-state index contributed by atoms with van der Waals surface area (Å²) in [5, 5.41) is 5.08. The highest BCUT2D eigenvalue weighted by molar-refractivity contribution is 7.89. The minimum atomic E-state index is -3.49. The van der Waals surface area contributed by atoms with Gasteiger partial charge in [0.05, 0.1) is 9.77 Å². The molecule has 3 heterocycles. The van der Waals surface area contributed by atoms with Gasteiger partial charge in [-0.05, 0) is 38.8 Å². The Bertz CT molecular complexity index is 665. The highest BCUT2D eigenvalue weighted by atomic mass is 35.5. The van der Waals surface area contributed by atoms with Gasteiger partial charge in [0.1, 0.15) is 0 Å². The molecule has 2 N–H and O–H groups in total. The van der Waals surface area contributed by atoms with Gasteiger partial charge in [0.2, 0.25) is 10.0 Å². The summed E-state index contributed by atoms with van der Waals surface area (Å²) in [5.74, 6) is -0.0890. The van der Waals surface area contributed by atoms with Crippen LogP contribution in [0.4, 0.5) is 0 Å². The summed E-state index contributed by atoms with van der Waals surface area (Å²) in [6, 6.07) is 2.73. The van der Waals surface area contributed by atoms with Crippen molar-refractivity contribution in [3.63, 3.8) is 0 Å². The molecule has 23 heavy (non-hydrogen) atoms. The number of sulfonamides is 1. The molecule has 1 aromatic heterocycles. The molecule has 2 saturated heterocycles. The SMILES string of the molecule is CNS(=O)(=O)c1csc(C(=O)N(C)C2CC3CCC(C2)N3)c1.Cl. The molecule has 1 aromatic rings. The smallest absolute Gasteiger partial charge is 0.263 e. The van der Waals surface area contributed by atoms with Crippen LogP contribution in [0.1, 0.15) is 35.4 Å². The van der Waals surface area contributed by atoms with Gasteiger partial charge in [-0.15, -0.1) is 23.7 Å². The Morgan fingerprint density at radius 3 is 2.52 bits per heavy atom. The summed E-state index contributed by atoms with van der Waals surface area (Å²) >= 11 is 1.18. The number of piperidine rings is 1. The Labute approximate surface area is 147 Å². The predicted octanol–water partition coefficient (Wildman–Crippen LogP) is 1.43. The summed E-state index contributed by atoms with van der Waals surface area (Å²) in [6.07, 6.45) is 4.33. The van der Waals surface area contributed by atoms with Crippen LogP contribution in [0.2, 0.25) is 0 Å². The molecule has 0 spiro atoms. The maximum absolute atomic E-state index is 12.6. The van der Waals surface area contributed by atoms with E-state index in [4.69, 9.17) is 0 Å². The van der Waals surface area contributed by atoms with Crippen LogP contribution in [-0.4, -0.2) is 51.4 Å². The lowest BCUT2D eigenvalue weighted by Crippen LogP contribution is -2.48. The fraction of sp³-hybridized carbons (Fsp3) is 0.643. The molecule has 2 aliphatic heterocycles. The normalized spacial score (nSPS) is 26.6. The minimum Gasteiger partial charge on any atom is -0.338 e. The zero-order valence-electron chi connectivity index (χ0n) is 13.1. The first kappa shape index (κ1) is 18.7. The third kappa shape index (κ3) is 3.71. The number of fused-ring (bicyclic) bond motifs is 2. The van der Waals surface area contributed by atoms with Gasteiger partial charge in [0, 0.05) is 30.6 Å². The molecule has 0 saturated carbocycles. The molecular weight excluding hydrogens is 358 g/mol. The zero-order valence-corrected chi connectivity index (χ0v) is 15.6. The van der Waals surface area contributed by atoms with Crippen molar-refractivity contribution in [2.24, 2.45) is 0 Å². The number of halogens is 1. The number of rotatable bonds is 4. The van der Waals surface area contributed by atoms with E-state index in [0.29, 0.717) is 17.0 Å². The van der Waals surface area contributed by atoms with Crippen molar-refractivity contribution in [2.75, 3.05) is 14.1 Å². The van der Waals surface area contributed by atoms with E-state index in [-0.39, 0.29) is 29.3 Å². The van der Waals surface area contributed by atoms with E-state index in [1.54, 1.807) is 4.90 Å². The van der Waals surface area contributed by atoms with Crippen LogP contribution in [0, 0.1) is 0 Å². The molecule has 2 unspecified atom stereocenters. The fourth-order valence-electron chi connectivity index (χ4n) is 3.37. The van der Waals surface area contributed by atoms with Gasteiger partial charge in [-0.3, -0.25) is 4.79 Å². The van der Waals surface area contributed by atoms with Gasteiger partial charge in [0.15, 0.2) is 0 Å². The Balaban J connectivity index is 0.00000192.